The molecule has 0 aliphatic rings. The van der Waals surface area contributed by atoms with Crippen molar-refractivity contribution >= 4 is 39.7 Å². The second-order valence-electron chi connectivity index (χ2n) is 9.79. The first-order valence-electron chi connectivity index (χ1n) is 13.7. The smallest absolute Gasteiger partial charge is 0.411 e. The molecule has 2 aromatic carbocycles. The lowest BCUT2D eigenvalue weighted by molar-refractivity contribution is 0.155. The van der Waals surface area contributed by atoms with Crippen LogP contribution in [0.1, 0.15) is 30.9 Å². The lowest BCUT2D eigenvalue weighted by Gasteiger charge is -2.14. The molecule has 3 aromatic heterocycles. The van der Waals surface area contributed by atoms with Gasteiger partial charge in [-0.3, -0.25) is 10.00 Å². The van der Waals surface area contributed by atoms with Crippen molar-refractivity contribution in [2.45, 2.75) is 32.7 Å². The second kappa shape index (κ2) is 12.9. The number of fused-ring (bicyclic) bond motifs is 2. The fourth-order valence-electron chi connectivity index (χ4n) is 4.81. The topological polar surface area (TPSA) is 125 Å². The van der Waals surface area contributed by atoms with Crippen LogP contribution in [0.4, 0.5) is 22.0 Å². The summed E-state index contributed by atoms with van der Waals surface area (Å²) in [6.45, 7) is 4.45. The normalized spacial score (nSPS) is 11.2. The third-order valence-corrected chi connectivity index (χ3v) is 6.87. The Morgan fingerprint density at radius 2 is 2.00 bits per heavy atom. The largest absolute Gasteiger partial charge is 0.449 e. The van der Waals surface area contributed by atoms with E-state index in [4.69, 9.17) is 10.00 Å². The van der Waals surface area contributed by atoms with Crippen LogP contribution >= 0.6 is 0 Å². The van der Waals surface area contributed by atoms with Crippen LogP contribution in [-0.4, -0.2) is 62.1 Å². The predicted molar refractivity (Wildman–Crippen MR) is 158 cm³/mol. The van der Waals surface area contributed by atoms with Crippen molar-refractivity contribution in [3.8, 4) is 6.07 Å². The molecule has 2 N–H and O–H groups in total. The van der Waals surface area contributed by atoms with E-state index in [1.165, 1.54) is 11.9 Å². The number of carbonyl (C=O) groups excluding carboxylic acids is 1. The van der Waals surface area contributed by atoms with E-state index in [2.05, 4.69) is 50.1 Å². The van der Waals surface area contributed by atoms with Gasteiger partial charge in [-0.25, -0.2) is 14.3 Å². The number of hydrogen-bond acceptors (Lipinski definition) is 8. The maximum atomic E-state index is 12.5. The van der Waals surface area contributed by atoms with Crippen LogP contribution < -0.4 is 10.6 Å². The van der Waals surface area contributed by atoms with Gasteiger partial charge in [0.05, 0.1) is 42.8 Å². The molecule has 0 unspecified atom stereocenters. The van der Waals surface area contributed by atoms with Crippen LogP contribution in [0.25, 0.3) is 16.4 Å². The molecule has 5 aromatic rings. The molecular formula is C30H33N9O2. The Morgan fingerprint density at radius 1 is 1.15 bits per heavy atom. The van der Waals surface area contributed by atoms with Gasteiger partial charge in [0.25, 0.3) is 0 Å². The van der Waals surface area contributed by atoms with Crippen molar-refractivity contribution in [2.75, 3.05) is 37.4 Å². The summed E-state index contributed by atoms with van der Waals surface area (Å²) in [5.41, 5.74) is 5.42. The summed E-state index contributed by atoms with van der Waals surface area (Å²) in [4.78, 5) is 19.1. The van der Waals surface area contributed by atoms with Crippen LogP contribution in [0.5, 0.6) is 0 Å². The number of aromatic nitrogens is 5. The van der Waals surface area contributed by atoms with E-state index in [9.17, 15) is 4.79 Å². The maximum absolute atomic E-state index is 12.5. The Kier molecular flexibility index (Phi) is 8.71. The minimum atomic E-state index is -0.518. The molecule has 11 nitrogen and oxygen atoms in total. The number of nitrogens with zero attached hydrogens (tertiary/aromatic N) is 7. The summed E-state index contributed by atoms with van der Waals surface area (Å²) < 4.78 is 9.09. The van der Waals surface area contributed by atoms with E-state index in [1.54, 1.807) is 10.7 Å². The predicted octanol–water partition coefficient (Wildman–Crippen LogP) is 5.22. The molecule has 0 saturated heterocycles. The van der Waals surface area contributed by atoms with Gasteiger partial charge in [0.2, 0.25) is 0 Å². The highest BCUT2D eigenvalue weighted by molar-refractivity contribution is 5.91. The molecule has 41 heavy (non-hydrogen) atoms. The van der Waals surface area contributed by atoms with Gasteiger partial charge >= 0.3 is 6.09 Å². The van der Waals surface area contributed by atoms with Crippen LogP contribution in [0.3, 0.4) is 0 Å². The van der Waals surface area contributed by atoms with Gasteiger partial charge in [0.15, 0.2) is 5.82 Å². The molecular weight excluding hydrogens is 518 g/mol. The van der Waals surface area contributed by atoms with Crippen molar-refractivity contribution in [2.24, 2.45) is 0 Å². The molecule has 0 bridgehead atoms. The molecule has 3 heterocycles. The fraction of sp³-hybridized carbons (Fsp3) is 0.300. The SMILES string of the molecule is CCc1c(NC(=O)OCCCN(C)CCC#N)cn2ncnc(Nc3ccc4c(cnn4Cc4ccccc4)c3)c12. The van der Waals surface area contributed by atoms with E-state index in [0.29, 0.717) is 43.9 Å². The van der Waals surface area contributed by atoms with Gasteiger partial charge in [-0.2, -0.15) is 15.5 Å². The maximum Gasteiger partial charge on any atom is 0.411 e. The number of rotatable bonds is 12. The standard InChI is InChI=1S/C30H33N9O2/c1-3-25-26(36-30(40)41-16-8-15-37(2)14-7-13-31)20-39-28(25)29(32-21-34-39)35-24-11-12-27-23(17-24)18-33-38(27)19-22-9-5-4-6-10-22/h4-6,9-12,17-18,20-21H,3,7-8,14-16,19H2,1-2H3,(H,36,40)(H,32,34,35). The minimum absolute atomic E-state index is 0.286. The number of ether oxygens (including phenoxy) is 1. The van der Waals surface area contributed by atoms with Crippen LogP contribution in [-0.2, 0) is 17.7 Å². The molecule has 0 atom stereocenters. The highest BCUT2D eigenvalue weighted by Gasteiger charge is 2.17. The number of anilines is 3. The molecule has 0 aliphatic carbocycles. The van der Waals surface area contributed by atoms with Gasteiger partial charge in [-0.1, -0.05) is 37.3 Å². The number of amides is 1. The Hall–Kier alpha value is -4.95. The molecule has 0 radical (unpaired) electrons. The van der Waals surface area contributed by atoms with Gasteiger partial charge in [0.1, 0.15) is 11.8 Å². The van der Waals surface area contributed by atoms with E-state index in [1.807, 2.05) is 60.1 Å². The van der Waals surface area contributed by atoms with Crippen molar-refractivity contribution in [1.82, 2.24) is 29.3 Å². The molecule has 0 fully saturated rings. The van der Waals surface area contributed by atoms with Gasteiger partial charge in [0, 0.05) is 36.1 Å². The number of benzene rings is 2. The zero-order valence-electron chi connectivity index (χ0n) is 23.2. The Labute approximate surface area is 238 Å². The van der Waals surface area contributed by atoms with Crippen LogP contribution in [0, 0.1) is 11.3 Å². The molecule has 11 heteroatoms. The first-order valence-corrected chi connectivity index (χ1v) is 13.7. The Bertz CT molecular complexity index is 1670. The average molecular weight is 552 g/mol. The quantitative estimate of drug-likeness (QED) is 0.202. The monoisotopic (exact) mass is 551 g/mol. The number of carbonyl (C=O) groups is 1. The van der Waals surface area contributed by atoms with Crippen LogP contribution in [0.2, 0.25) is 0 Å². The first kappa shape index (κ1) is 27.6. The molecule has 0 spiro atoms. The number of nitrogens with one attached hydrogen (secondary N) is 2. The second-order valence-corrected chi connectivity index (χ2v) is 9.79. The first-order chi connectivity index (χ1) is 20.1. The Morgan fingerprint density at radius 3 is 2.80 bits per heavy atom. The zero-order chi connectivity index (χ0) is 28.6. The summed E-state index contributed by atoms with van der Waals surface area (Å²) in [5.74, 6) is 0.634. The van der Waals surface area contributed by atoms with Crippen molar-refractivity contribution in [3.05, 3.63) is 78.4 Å². The molecule has 0 saturated carbocycles. The Balaban J connectivity index is 1.28. The van der Waals surface area contributed by atoms with Crippen molar-refractivity contribution in [3.63, 3.8) is 0 Å². The summed E-state index contributed by atoms with van der Waals surface area (Å²) in [5, 5.41) is 25.0. The average Bonchev–Trinajstić information content (AvgIpc) is 3.55. The van der Waals surface area contributed by atoms with Gasteiger partial charge in [-0.05, 0) is 43.7 Å². The minimum Gasteiger partial charge on any atom is -0.449 e. The third-order valence-electron chi connectivity index (χ3n) is 6.87. The van der Waals surface area contributed by atoms with E-state index in [-0.39, 0.29) is 6.61 Å². The van der Waals surface area contributed by atoms with Gasteiger partial charge < -0.3 is 15.0 Å². The lowest BCUT2D eigenvalue weighted by atomic mass is 10.2. The number of aryl methyl sites for hydroxylation is 1. The molecule has 1 amide bonds. The zero-order valence-corrected chi connectivity index (χ0v) is 23.2. The fourth-order valence-corrected chi connectivity index (χ4v) is 4.81. The molecule has 210 valence electrons. The van der Waals surface area contributed by atoms with Crippen molar-refractivity contribution in [1.29, 1.82) is 5.26 Å². The van der Waals surface area contributed by atoms with Crippen molar-refractivity contribution < 1.29 is 9.53 Å². The van der Waals surface area contributed by atoms with Crippen LogP contribution in [0.15, 0.2) is 67.3 Å². The molecule has 0 aliphatic heterocycles. The summed E-state index contributed by atoms with van der Waals surface area (Å²) in [6.07, 6.45) is 6.42. The summed E-state index contributed by atoms with van der Waals surface area (Å²) in [7, 11) is 1.95. The number of hydrogen-bond donors (Lipinski definition) is 2. The highest BCUT2D eigenvalue weighted by atomic mass is 16.5. The summed E-state index contributed by atoms with van der Waals surface area (Å²) in [6, 6.07) is 18.5. The van der Waals surface area contributed by atoms with E-state index >= 15 is 0 Å². The molecule has 5 rings (SSSR count). The van der Waals surface area contributed by atoms with E-state index < -0.39 is 6.09 Å². The number of nitriles is 1. The van der Waals surface area contributed by atoms with E-state index in [0.717, 1.165) is 34.2 Å². The van der Waals surface area contributed by atoms with Gasteiger partial charge in [-0.15, -0.1) is 0 Å². The highest BCUT2D eigenvalue weighted by Crippen LogP contribution is 2.30. The third kappa shape index (κ3) is 6.62. The lowest BCUT2D eigenvalue weighted by Crippen LogP contribution is -2.23. The summed E-state index contributed by atoms with van der Waals surface area (Å²) >= 11 is 0.